The van der Waals surface area contributed by atoms with Crippen LogP contribution in [0.15, 0.2) is 75.9 Å². The SMILES string of the molecule is C.C.C.C.C.C.C.C.C.C.C.C.C=CC(=O)OCCOCC(COCCOC(=O)C=C)(COCCOC(=O)C=C)COCC(COCCOC(=O)C=C)(COCCOC(=O)C=C)COCCOC(=O)C=C. The highest BCUT2D eigenvalue weighted by Gasteiger charge is 2.37. The van der Waals surface area contributed by atoms with Gasteiger partial charge in [-0.3, -0.25) is 0 Å². The summed E-state index contributed by atoms with van der Waals surface area (Å²) >= 11 is 0. The second-order valence-corrected chi connectivity index (χ2v) is 12.0. The summed E-state index contributed by atoms with van der Waals surface area (Å²) < 4.78 is 71.9. The minimum atomic E-state index is -1.10. The van der Waals surface area contributed by atoms with Crippen molar-refractivity contribution in [3.8, 4) is 0 Å². The Morgan fingerprint density at radius 2 is 0.366 bits per heavy atom. The number of hydrogen-bond acceptors (Lipinski definition) is 19. The Bertz CT molecular complexity index is 1090. The van der Waals surface area contributed by atoms with Crippen molar-refractivity contribution < 1.29 is 90.3 Å². The fourth-order valence-electron chi connectivity index (χ4n) is 4.28. The topological polar surface area (TPSA) is 222 Å². The van der Waals surface area contributed by atoms with Crippen LogP contribution in [0.3, 0.4) is 0 Å². The number of hydrogen-bond donors (Lipinski definition) is 0. The summed E-state index contributed by atoms with van der Waals surface area (Å²) in [5.41, 5.74) is -2.20. The Morgan fingerprint density at radius 1 is 0.239 bits per heavy atom. The third kappa shape index (κ3) is 54.2. The zero-order valence-electron chi connectivity index (χ0n) is 33.6. The molecule has 0 rings (SSSR count). The van der Waals surface area contributed by atoms with Crippen molar-refractivity contribution in [1.29, 1.82) is 0 Å². The maximum absolute atomic E-state index is 11.6. The lowest BCUT2D eigenvalue weighted by atomic mass is 9.90. The summed E-state index contributed by atoms with van der Waals surface area (Å²) in [6.07, 6.45) is 6.07. The normalized spacial score (nSPS) is 9.13. The van der Waals surface area contributed by atoms with Crippen LogP contribution < -0.4 is 0 Å². The summed E-state index contributed by atoms with van der Waals surface area (Å²) in [7, 11) is 0. The number of carbonyl (C=O) groups excluding carboxylic acids is 6. The third-order valence-corrected chi connectivity index (χ3v) is 7.10. The molecule has 19 nitrogen and oxygen atoms in total. The quantitative estimate of drug-likeness (QED) is 0.0241. The molecule has 0 aromatic heterocycles. The molecule has 0 N–H and O–H groups in total. The van der Waals surface area contributed by atoms with Crippen LogP contribution in [-0.2, 0) is 90.3 Å². The van der Waals surface area contributed by atoms with Crippen LogP contribution >= 0.6 is 0 Å². The van der Waals surface area contributed by atoms with Crippen molar-refractivity contribution in [2.75, 3.05) is 132 Å². The van der Waals surface area contributed by atoms with Crippen LogP contribution in [0.5, 0.6) is 0 Å². The van der Waals surface area contributed by atoms with Gasteiger partial charge in [0, 0.05) is 36.5 Å². The monoisotopic (exact) mass is 1030 g/mol. The van der Waals surface area contributed by atoms with E-state index in [1.54, 1.807) is 0 Å². The predicted octanol–water partition coefficient (Wildman–Crippen LogP) is 9.08. The molecular formula is C52H106O19. The first-order valence-electron chi connectivity index (χ1n) is 18.2. The van der Waals surface area contributed by atoms with E-state index in [1.807, 2.05) is 0 Å². The van der Waals surface area contributed by atoms with E-state index in [2.05, 4.69) is 39.5 Å². The van der Waals surface area contributed by atoms with Crippen molar-refractivity contribution in [2.24, 2.45) is 10.8 Å². The highest BCUT2D eigenvalue weighted by atomic mass is 16.6. The molecular weight excluding hydrogens is 929 g/mol. The smallest absolute Gasteiger partial charge is 0.330 e. The summed E-state index contributed by atoms with van der Waals surface area (Å²) in [4.78, 5) is 69.4. The highest BCUT2D eigenvalue weighted by molar-refractivity contribution is 5.82. The molecule has 0 bridgehead atoms. The molecule has 428 valence electrons. The van der Waals surface area contributed by atoms with Gasteiger partial charge in [-0.1, -0.05) is 129 Å². The lowest BCUT2D eigenvalue weighted by molar-refractivity contribution is -0.157. The van der Waals surface area contributed by atoms with Gasteiger partial charge in [0.1, 0.15) is 39.6 Å². The molecule has 0 amide bonds. The van der Waals surface area contributed by atoms with Gasteiger partial charge < -0.3 is 61.6 Å². The van der Waals surface area contributed by atoms with Crippen LogP contribution in [0.1, 0.15) is 89.1 Å². The fourth-order valence-corrected chi connectivity index (χ4v) is 4.28. The van der Waals surface area contributed by atoms with E-state index in [9.17, 15) is 28.8 Å². The van der Waals surface area contributed by atoms with Crippen LogP contribution in [0.2, 0.25) is 0 Å². The second-order valence-electron chi connectivity index (χ2n) is 12.0. The molecule has 0 unspecified atom stereocenters. The van der Waals surface area contributed by atoms with E-state index in [0.717, 1.165) is 36.5 Å². The maximum Gasteiger partial charge on any atom is 0.330 e. The molecule has 0 atom stereocenters. The molecule has 0 radical (unpaired) electrons. The molecule has 0 aliphatic carbocycles. The summed E-state index contributed by atoms with van der Waals surface area (Å²) in [6, 6.07) is 0. The van der Waals surface area contributed by atoms with Gasteiger partial charge in [-0.2, -0.15) is 0 Å². The van der Waals surface area contributed by atoms with Crippen molar-refractivity contribution in [3.63, 3.8) is 0 Å². The molecule has 0 saturated carbocycles. The van der Waals surface area contributed by atoms with E-state index < -0.39 is 46.6 Å². The minimum Gasteiger partial charge on any atom is -0.460 e. The van der Waals surface area contributed by atoms with Crippen molar-refractivity contribution in [3.05, 3.63) is 75.9 Å². The number of rotatable bonds is 40. The van der Waals surface area contributed by atoms with Crippen LogP contribution in [0.4, 0.5) is 0 Å². The Labute approximate surface area is 433 Å². The van der Waals surface area contributed by atoms with Crippen LogP contribution in [0, 0.1) is 10.8 Å². The largest absolute Gasteiger partial charge is 0.460 e. The van der Waals surface area contributed by atoms with E-state index in [-0.39, 0.29) is 221 Å². The summed E-state index contributed by atoms with van der Waals surface area (Å²) in [5.74, 6) is -3.85. The molecule has 0 heterocycles. The standard InChI is InChI=1S/C40H58O19.12CH4/c1-7-33(41)54-19-13-47-25-39(26-48-14-20-55-34(42)8-2,27-49-15-21-56-35(43)9-3)31-53-32-40(28-50-16-22-57-36(44)10-4,29-51-17-23-58-37(45)11-5)30-52-18-24-59-38(46)12-6;;;;;;;;;;;;/h7-12H,1-6,13-32H2;12*1H4. The van der Waals surface area contributed by atoms with Gasteiger partial charge in [-0.15, -0.1) is 0 Å². The predicted molar refractivity (Wildman–Crippen MR) is 288 cm³/mol. The zero-order chi connectivity index (χ0) is 44.0. The van der Waals surface area contributed by atoms with Gasteiger partial charge in [0.05, 0.1) is 103 Å². The van der Waals surface area contributed by atoms with Gasteiger partial charge in [-0.25, -0.2) is 28.8 Å². The molecule has 0 aromatic rings. The fraction of sp³-hybridized carbons (Fsp3) is 0.654. The zero-order valence-corrected chi connectivity index (χ0v) is 33.6. The van der Waals surface area contributed by atoms with Gasteiger partial charge in [0.15, 0.2) is 0 Å². The molecule has 0 saturated heterocycles. The molecule has 0 spiro atoms. The van der Waals surface area contributed by atoms with Crippen molar-refractivity contribution >= 4 is 35.8 Å². The molecule has 0 fully saturated rings. The molecule has 19 heteroatoms. The lowest BCUT2D eigenvalue weighted by Gasteiger charge is -2.36. The Kier molecular flexibility index (Phi) is 90.8. The average molecular weight is 1040 g/mol. The first-order chi connectivity index (χ1) is 28.4. The van der Waals surface area contributed by atoms with Crippen molar-refractivity contribution in [2.45, 2.75) is 89.1 Å². The molecule has 0 aromatic carbocycles. The average Bonchev–Trinajstić information content (AvgIpc) is 3.24. The maximum atomic E-state index is 11.6. The number of ether oxygens (including phenoxy) is 13. The number of carbonyl (C=O) groups is 6. The van der Waals surface area contributed by atoms with Gasteiger partial charge in [-0.05, 0) is 0 Å². The highest BCUT2D eigenvalue weighted by Crippen LogP contribution is 2.26. The van der Waals surface area contributed by atoms with E-state index in [1.165, 1.54) is 0 Å². The molecule has 71 heavy (non-hydrogen) atoms. The number of esters is 6. The Hall–Kier alpha value is -5.02. The molecule has 0 aliphatic heterocycles. The second kappa shape index (κ2) is 65.0. The van der Waals surface area contributed by atoms with Gasteiger partial charge >= 0.3 is 35.8 Å². The first kappa shape index (κ1) is 99.3. The van der Waals surface area contributed by atoms with Gasteiger partial charge in [0.2, 0.25) is 0 Å². The minimum absolute atomic E-state index is 0. The molecule has 0 aliphatic rings. The summed E-state index contributed by atoms with van der Waals surface area (Å²) in [5, 5.41) is 0. The van der Waals surface area contributed by atoms with E-state index >= 15 is 0 Å². The lowest BCUT2D eigenvalue weighted by Crippen LogP contribution is -2.46. The summed E-state index contributed by atoms with van der Waals surface area (Å²) in [6.45, 7) is 18.7. The van der Waals surface area contributed by atoms with E-state index in [4.69, 9.17) is 61.6 Å². The van der Waals surface area contributed by atoms with Crippen LogP contribution in [0.25, 0.3) is 0 Å². The van der Waals surface area contributed by atoms with Crippen molar-refractivity contribution in [1.82, 2.24) is 0 Å². The Balaban J connectivity index is -0.000000255. The van der Waals surface area contributed by atoms with Crippen LogP contribution in [-0.4, -0.2) is 168 Å². The van der Waals surface area contributed by atoms with E-state index in [0.29, 0.717) is 0 Å². The third-order valence-electron chi connectivity index (χ3n) is 7.10. The first-order valence-corrected chi connectivity index (χ1v) is 18.2. The van der Waals surface area contributed by atoms with Gasteiger partial charge in [0.25, 0.3) is 0 Å². The Morgan fingerprint density at radius 3 is 0.493 bits per heavy atom.